The lowest BCUT2D eigenvalue weighted by Crippen LogP contribution is -1.87. The van der Waals surface area contributed by atoms with Crippen LogP contribution in [0.4, 0.5) is 8.78 Å². The molecule has 4 heteroatoms. The van der Waals surface area contributed by atoms with Crippen LogP contribution >= 0.6 is 11.6 Å². The highest BCUT2D eigenvalue weighted by Gasteiger charge is 2.14. The van der Waals surface area contributed by atoms with Crippen LogP contribution in [0.25, 0.3) is 0 Å². The van der Waals surface area contributed by atoms with E-state index in [1.807, 2.05) is 0 Å². The molecule has 0 unspecified atom stereocenters. The van der Waals surface area contributed by atoms with Gasteiger partial charge in [0.1, 0.15) is 5.75 Å². The molecule has 0 saturated heterocycles. The van der Waals surface area contributed by atoms with Crippen LogP contribution in [0.5, 0.6) is 5.75 Å². The van der Waals surface area contributed by atoms with Crippen molar-refractivity contribution in [2.24, 2.45) is 0 Å². The highest BCUT2D eigenvalue weighted by Crippen LogP contribution is 2.33. The molecule has 66 valence electrons. The van der Waals surface area contributed by atoms with Crippen LogP contribution < -0.4 is 0 Å². The van der Waals surface area contributed by atoms with E-state index in [9.17, 15) is 8.78 Å². The van der Waals surface area contributed by atoms with E-state index in [1.165, 1.54) is 13.0 Å². The van der Waals surface area contributed by atoms with Crippen LogP contribution in [0.15, 0.2) is 12.1 Å². The van der Waals surface area contributed by atoms with Gasteiger partial charge in [-0.2, -0.15) is 0 Å². The number of phenolic OH excluding ortho intramolecular Hbond substituents is 1. The van der Waals surface area contributed by atoms with E-state index in [2.05, 4.69) is 0 Å². The van der Waals surface area contributed by atoms with Crippen molar-refractivity contribution in [3.05, 3.63) is 28.3 Å². The average Bonchev–Trinajstić information content (AvgIpc) is 1.96. The maximum absolute atomic E-state index is 12.2. The van der Waals surface area contributed by atoms with Crippen molar-refractivity contribution in [2.75, 3.05) is 0 Å². The van der Waals surface area contributed by atoms with Gasteiger partial charge in [0.2, 0.25) is 0 Å². The van der Waals surface area contributed by atoms with Crippen molar-refractivity contribution < 1.29 is 13.9 Å². The Labute approximate surface area is 73.6 Å². The molecule has 0 radical (unpaired) electrons. The Bertz CT molecular complexity index is 299. The van der Waals surface area contributed by atoms with Gasteiger partial charge >= 0.3 is 0 Å². The fourth-order valence-corrected chi connectivity index (χ4v) is 1.21. The maximum Gasteiger partial charge on any atom is 0.267 e. The fourth-order valence-electron chi connectivity index (χ4n) is 0.928. The number of halogens is 3. The molecule has 0 amide bonds. The number of alkyl halides is 2. The number of hydrogen-bond donors (Lipinski definition) is 1. The van der Waals surface area contributed by atoms with Gasteiger partial charge in [-0.25, -0.2) is 8.78 Å². The maximum atomic E-state index is 12.2. The summed E-state index contributed by atoms with van der Waals surface area (Å²) in [7, 11) is 0. The van der Waals surface area contributed by atoms with E-state index < -0.39 is 12.0 Å². The van der Waals surface area contributed by atoms with E-state index in [0.717, 1.165) is 6.07 Å². The minimum atomic E-state index is -2.69. The smallest absolute Gasteiger partial charge is 0.267 e. The van der Waals surface area contributed by atoms with Gasteiger partial charge in [0, 0.05) is 5.02 Å². The molecule has 0 atom stereocenters. The Hall–Kier alpha value is -0.830. The summed E-state index contributed by atoms with van der Waals surface area (Å²) in [6, 6.07) is 2.50. The number of phenols is 1. The zero-order chi connectivity index (χ0) is 9.30. The molecule has 12 heavy (non-hydrogen) atoms. The van der Waals surface area contributed by atoms with Gasteiger partial charge in [0.25, 0.3) is 6.43 Å². The van der Waals surface area contributed by atoms with Crippen LogP contribution in [0.1, 0.15) is 17.6 Å². The molecule has 0 aromatic heterocycles. The monoisotopic (exact) mass is 192 g/mol. The topological polar surface area (TPSA) is 20.2 Å². The van der Waals surface area contributed by atoms with Crippen LogP contribution in [0.2, 0.25) is 5.02 Å². The quantitative estimate of drug-likeness (QED) is 0.724. The molecule has 1 N–H and O–H groups in total. The molecule has 0 aliphatic carbocycles. The zero-order valence-electron chi connectivity index (χ0n) is 6.31. The molecule has 0 saturated carbocycles. The summed E-state index contributed by atoms with van der Waals surface area (Å²) in [5.41, 5.74) is -0.0576. The summed E-state index contributed by atoms with van der Waals surface area (Å²) in [4.78, 5) is 0. The first-order chi connectivity index (χ1) is 5.52. The largest absolute Gasteiger partial charge is 0.507 e. The van der Waals surface area contributed by atoms with Crippen molar-refractivity contribution in [3.63, 3.8) is 0 Å². The third-order valence-corrected chi connectivity index (χ3v) is 1.75. The molecule has 0 heterocycles. The minimum absolute atomic E-state index is 0.209. The van der Waals surface area contributed by atoms with Gasteiger partial charge in [-0.3, -0.25) is 0 Å². The van der Waals surface area contributed by atoms with Crippen molar-refractivity contribution in [3.8, 4) is 5.75 Å². The first-order valence-electron chi connectivity index (χ1n) is 3.29. The standard InChI is InChI=1S/C8H7ClF2O/c1-4-2-5(9)3-6(7(4)12)8(10)11/h2-3,8,12H,1H3. The van der Waals surface area contributed by atoms with Crippen LogP contribution in [-0.2, 0) is 0 Å². The van der Waals surface area contributed by atoms with Crippen molar-refractivity contribution in [1.29, 1.82) is 0 Å². The molecule has 0 aliphatic rings. The molecule has 0 fully saturated rings. The molecular formula is C8H7ClF2O. The van der Waals surface area contributed by atoms with Gasteiger partial charge in [0.05, 0.1) is 5.56 Å². The molecule has 0 aliphatic heterocycles. The predicted octanol–water partition coefficient (Wildman–Crippen LogP) is 3.29. The van der Waals surface area contributed by atoms with Gasteiger partial charge in [0.15, 0.2) is 0 Å². The summed E-state index contributed by atoms with van der Waals surface area (Å²) in [5.74, 6) is -0.380. The second kappa shape index (κ2) is 3.27. The third kappa shape index (κ3) is 1.67. The van der Waals surface area contributed by atoms with Crippen molar-refractivity contribution >= 4 is 11.6 Å². The minimum Gasteiger partial charge on any atom is -0.507 e. The van der Waals surface area contributed by atoms with Gasteiger partial charge in [-0.1, -0.05) is 11.6 Å². The Kier molecular flexibility index (Phi) is 2.52. The first-order valence-corrected chi connectivity index (χ1v) is 3.67. The summed E-state index contributed by atoms with van der Waals surface area (Å²) >= 11 is 5.52. The van der Waals surface area contributed by atoms with E-state index in [4.69, 9.17) is 16.7 Å². The fraction of sp³-hybridized carbons (Fsp3) is 0.250. The molecule has 0 spiro atoms. The summed E-state index contributed by atoms with van der Waals surface area (Å²) in [6.07, 6.45) is -2.69. The second-order valence-electron chi connectivity index (χ2n) is 2.46. The highest BCUT2D eigenvalue weighted by atomic mass is 35.5. The average molecular weight is 193 g/mol. The van der Waals surface area contributed by atoms with Crippen LogP contribution in [0, 0.1) is 6.92 Å². The van der Waals surface area contributed by atoms with Crippen LogP contribution in [0.3, 0.4) is 0 Å². The van der Waals surface area contributed by atoms with Crippen LogP contribution in [-0.4, -0.2) is 5.11 Å². The van der Waals surface area contributed by atoms with Crippen molar-refractivity contribution in [2.45, 2.75) is 13.3 Å². The number of benzene rings is 1. The summed E-state index contributed by atoms with van der Waals surface area (Å²) < 4.78 is 24.3. The second-order valence-corrected chi connectivity index (χ2v) is 2.90. The number of aryl methyl sites for hydroxylation is 1. The highest BCUT2D eigenvalue weighted by molar-refractivity contribution is 6.30. The summed E-state index contributed by atoms with van der Waals surface area (Å²) in [6.45, 7) is 1.52. The molecule has 1 aromatic rings. The zero-order valence-corrected chi connectivity index (χ0v) is 7.07. The Balaban J connectivity index is 3.28. The Morgan fingerprint density at radius 2 is 2.00 bits per heavy atom. The van der Waals surface area contributed by atoms with Gasteiger partial charge in [-0.15, -0.1) is 0 Å². The SMILES string of the molecule is Cc1cc(Cl)cc(C(F)F)c1O. The summed E-state index contributed by atoms with van der Waals surface area (Å²) in [5, 5.41) is 9.36. The van der Waals surface area contributed by atoms with Crippen molar-refractivity contribution in [1.82, 2.24) is 0 Å². The van der Waals surface area contributed by atoms with E-state index in [1.54, 1.807) is 0 Å². The number of rotatable bonds is 1. The van der Waals surface area contributed by atoms with E-state index in [0.29, 0.717) is 5.56 Å². The lowest BCUT2D eigenvalue weighted by molar-refractivity contribution is 0.147. The van der Waals surface area contributed by atoms with E-state index >= 15 is 0 Å². The number of aromatic hydroxyl groups is 1. The van der Waals surface area contributed by atoms with Gasteiger partial charge < -0.3 is 5.11 Å². The Morgan fingerprint density at radius 3 is 2.50 bits per heavy atom. The molecule has 1 aromatic carbocycles. The number of hydrogen-bond acceptors (Lipinski definition) is 1. The molecular weight excluding hydrogens is 186 g/mol. The third-order valence-electron chi connectivity index (χ3n) is 1.53. The van der Waals surface area contributed by atoms with E-state index in [-0.39, 0.29) is 10.8 Å². The predicted molar refractivity (Wildman–Crippen MR) is 42.8 cm³/mol. The lowest BCUT2D eigenvalue weighted by Gasteiger charge is -2.06. The normalized spacial score (nSPS) is 10.8. The Morgan fingerprint density at radius 1 is 1.42 bits per heavy atom. The molecule has 1 nitrogen and oxygen atoms in total. The molecule has 1 rings (SSSR count). The molecule has 0 bridgehead atoms. The first kappa shape index (κ1) is 9.26. The lowest BCUT2D eigenvalue weighted by atomic mass is 10.1. The van der Waals surface area contributed by atoms with Gasteiger partial charge in [-0.05, 0) is 24.6 Å².